The molecule has 0 N–H and O–H groups in total. The summed E-state index contributed by atoms with van der Waals surface area (Å²) in [7, 11) is 0. The number of hydrogen-bond donors (Lipinski definition) is 0. The Morgan fingerprint density at radius 2 is 1.80 bits per heavy atom. The maximum Gasteiger partial charge on any atom is 0.126 e. The van der Waals surface area contributed by atoms with Gasteiger partial charge in [-0.25, -0.2) is 0 Å². The van der Waals surface area contributed by atoms with Crippen LogP contribution in [0, 0.1) is 6.92 Å². The van der Waals surface area contributed by atoms with Crippen LogP contribution in [-0.4, -0.2) is 6.10 Å². The van der Waals surface area contributed by atoms with E-state index in [0.717, 1.165) is 5.75 Å². The van der Waals surface area contributed by atoms with Gasteiger partial charge in [0.2, 0.25) is 0 Å². The van der Waals surface area contributed by atoms with Crippen LogP contribution >= 0.6 is 0 Å². The van der Waals surface area contributed by atoms with Crippen molar-refractivity contribution in [3.63, 3.8) is 0 Å². The van der Waals surface area contributed by atoms with Crippen molar-refractivity contribution in [2.24, 2.45) is 0 Å². The molecule has 84 valence electrons. The minimum atomic E-state index is 0.154. The molecular formula is C14H22O. The zero-order chi connectivity index (χ0) is 11.6. The molecule has 1 aliphatic rings. The van der Waals surface area contributed by atoms with Crippen molar-refractivity contribution in [1.82, 2.24) is 0 Å². The molecule has 0 bridgehead atoms. The largest absolute Gasteiger partial charge is 0.489 e. The van der Waals surface area contributed by atoms with Crippen LogP contribution in [0.25, 0.3) is 0 Å². The SMILES string of the molecule is CC.Cc1cccc2c1OC(C)C2(C)C. The maximum atomic E-state index is 5.85. The topological polar surface area (TPSA) is 9.23 Å². The minimum absolute atomic E-state index is 0.154. The van der Waals surface area contributed by atoms with Crippen LogP contribution in [0.1, 0.15) is 45.7 Å². The van der Waals surface area contributed by atoms with Gasteiger partial charge in [-0.15, -0.1) is 0 Å². The van der Waals surface area contributed by atoms with Gasteiger partial charge in [0.05, 0.1) is 0 Å². The normalized spacial score (nSPS) is 21.1. The molecule has 1 heterocycles. The molecule has 0 spiro atoms. The van der Waals surface area contributed by atoms with E-state index in [4.69, 9.17) is 4.74 Å². The zero-order valence-electron chi connectivity index (χ0n) is 10.7. The molecule has 15 heavy (non-hydrogen) atoms. The maximum absolute atomic E-state index is 5.85. The van der Waals surface area contributed by atoms with Gasteiger partial charge in [-0.1, -0.05) is 45.9 Å². The monoisotopic (exact) mass is 206 g/mol. The highest BCUT2D eigenvalue weighted by Crippen LogP contribution is 2.43. The fourth-order valence-electron chi connectivity index (χ4n) is 1.86. The van der Waals surface area contributed by atoms with E-state index in [9.17, 15) is 0 Å². The highest BCUT2D eigenvalue weighted by molar-refractivity contribution is 5.48. The number of hydrogen-bond acceptors (Lipinski definition) is 1. The Labute approximate surface area is 93.5 Å². The van der Waals surface area contributed by atoms with Gasteiger partial charge >= 0.3 is 0 Å². The summed E-state index contributed by atoms with van der Waals surface area (Å²) in [5, 5.41) is 0. The lowest BCUT2D eigenvalue weighted by molar-refractivity contribution is 0.185. The Morgan fingerprint density at radius 3 is 2.33 bits per heavy atom. The molecule has 1 atom stereocenters. The average molecular weight is 206 g/mol. The molecule has 0 aliphatic carbocycles. The second-order valence-corrected chi connectivity index (χ2v) is 4.43. The Kier molecular flexibility index (Phi) is 3.43. The van der Waals surface area contributed by atoms with Crippen molar-refractivity contribution in [3.05, 3.63) is 29.3 Å². The molecule has 1 aliphatic heterocycles. The number of aryl methyl sites for hydroxylation is 1. The first kappa shape index (κ1) is 12.1. The fourth-order valence-corrected chi connectivity index (χ4v) is 1.86. The molecule has 0 saturated carbocycles. The molecule has 0 fully saturated rings. The Balaban J connectivity index is 0.000000531. The van der Waals surface area contributed by atoms with E-state index in [-0.39, 0.29) is 11.5 Å². The lowest BCUT2D eigenvalue weighted by Crippen LogP contribution is -2.28. The molecule has 0 saturated heterocycles. The average Bonchev–Trinajstić information content (AvgIpc) is 2.45. The molecule has 0 aromatic heterocycles. The van der Waals surface area contributed by atoms with Crippen molar-refractivity contribution in [2.45, 2.75) is 53.1 Å². The van der Waals surface area contributed by atoms with Gasteiger partial charge in [0, 0.05) is 11.0 Å². The number of benzene rings is 1. The summed E-state index contributed by atoms with van der Waals surface area (Å²) in [5.41, 5.74) is 2.75. The number of para-hydroxylation sites is 1. The number of rotatable bonds is 0. The second-order valence-electron chi connectivity index (χ2n) is 4.43. The first-order valence-corrected chi connectivity index (χ1v) is 5.80. The molecule has 0 radical (unpaired) electrons. The number of fused-ring (bicyclic) bond motifs is 1. The van der Waals surface area contributed by atoms with Crippen molar-refractivity contribution < 1.29 is 4.74 Å². The second kappa shape index (κ2) is 4.26. The number of ether oxygens (including phenoxy) is 1. The minimum Gasteiger partial charge on any atom is -0.489 e. The third kappa shape index (κ3) is 1.88. The summed E-state index contributed by atoms with van der Waals surface area (Å²) in [5.74, 6) is 1.10. The molecule has 0 amide bonds. The molecule has 1 nitrogen and oxygen atoms in total. The van der Waals surface area contributed by atoms with E-state index in [1.54, 1.807) is 0 Å². The fraction of sp³-hybridized carbons (Fsp3) is 0.571. The van der Waals surface area contributed by atoms with Crippen molar-refractivity contribution in [1.29, 1.82) is 0 Å². The summed E-state index contributed by atoms with van der Waals surface area (Å²) in [4.78, 5) is 0. The quantitative estimate of drug-likeness (QED) is 0.621. The summed E-state index contributed by atoms with van der Waals surface area (Å²) in [6.45, 7) is 12.7. The zero-order valence-corrected chi connectivity index (χ0v) is 10.7. The molecule has 1 aromatic carbocycles. The predicted molar refractivity (Wildman–Crippen MR) is 65.6 cm³/mol. The van der Waals surface area contributed by atoms with Gasteiger partial charge in [0.1, 0.15) is 11.9 Å². The summed E-state index contributed by atoms with van der Waals surface area (Å²) < 4.78 is 5.85. The van der Waals surface area contributed by atoms with Crippen molar-refractivity contribution in [2.75, 3.05) is 0 Å². The summed E-state index contributed by atoms with van der Waals surface area (Å²) in [6, 6.07) is 6.39. The molecule has 1 heteroatoms. The van der Waals surface area contributed by atoms with Gasteiger partial charge in [-0.2, -0.15) is 0 Å². The summed E-state index contributed by atoms with van der Waals surface area (Å²) in [6.07, 6.45) is 0.281. The molecular weight excluding hydrogens is 184 g/mol. The van der Waals surface area contributed by atoms with Crippen LogP contribution in [-0.2, 0) is 5.41 Å². The van der Waals surface area contributed by atoms with Crippen LogP contribution in [0.2, 0.25) is 0 Å². The Morgan fingerprint density at radius 1 is 1.20 bits per heavy atom. The van der Waals surface area contributed by atoms with Gasteiger partial charge in [-0.05, 0) is 19.4 Å². The molecule has 2 rings (SSSR count). The standard InChI is InChI=1S/C12H16O.C2H6/c1-8-6-5-7-10-11(8)13-9(2)12(10,3)4;1-2/h5-7,9H,1-4H3;1-2H3. The van der Waals surface area contributed by atoms with Gasteiger partial charge in [-0.3, -0.25) is 0 Å². The predicted octanol–water partition coefficient (Wildman–Crippen LogP) is 4.08. The highest BCUT2D eigenvalue weighted by Gasteiger charge is 2.38. The van der Waals surface area contributed by atoms with E-state index in [1.165, 1.54) is 11.1 Å². The van der Waals surface area contributed by atoms with Gasteiger partial charge < -0.3 is 4.74 Å². The lowest BCUT2D eigenvalue weighted by Gasteiger charge is -2.21. The molecule has 1 aromatic rings. The third-order valence-electron chi connectivity index (χ3n) is 3.22. The third-order valence-corrected chi connectivity index (χ3v) is 3.22. The lowest BCUT2D eigenvalue weighted by atomic mass is 9.81. The van der Waals surface area contributed by atoms with Crippen LogP contribution in [0.3, 0.4) is 0 Å². The van der Waals surface area contributed by atoms with Crippen LogP contribution in [0.5, 0.6) is 5.75 Å². The van der Waals surface area contributed by atoms with Crippen LogP contribution in [0.15, 0.2) is 18.2 Å². The van der Waals surface area contributed by atoms with Gasteiger partial charge in [0.15, 0.2) is 0 Å². The van der Waals surface area contributed by atoms with E-state index < -0.39 is 0 Å². The van der Waals surface area contributed by atoms with E-state index in [0.29, 0.717) is 0 Å². The van der Waals surface area contributed by atoms with E-state index in [1.807, 2.05) is 13.8 Å². The summed E-state index contributed by atoms with van der Waals surface area (Å²) >= 11 is 0. The first-order valence-electron chi connectivity index (χ1n) is 5.80. The van der Waals surface area contributed by atoms with Crippen molar-refractivity contribution in [3.8, 4) is 5.75 Å². The first-order chi connectivity index (χ1) is 7.03. The van der Waals surface area contributed by atoms with Crippen LogP contribution < -0.4 is 4.74 Å². The van der Waals surface area contributed by atoms with Crippen LogP contribution in [0.4, 0.5) is 0 Å². The van der Waals surface area contributed by atoms with Crippen molar-refractivity contribution >= 4 is 0 Å². The van der Waals surface area contributed by atoms with E-state index >= 15 is 0 Å². The van der Waals surface area contributed by atoms with E-state index in [2.05, 4.69) is 45.9 Å². The smallest absolute Gasteiger partial charge is 0.126 e. The molecule has 1 unspecified atom stereocenters. The Bertz CT molecular complexity index is 339. The Hall–Kier alpha value is -0.980. The highest BCUT2D eigenvalue weighted by atomic mass is 16.5. The van der Waals surface area contributed by atoms with Gasteiger partial charge in [0.25, 0.3) is 0 Å².